The number of aromatic nitrogens is 3. The number of amides is 1. The van der Waals surface area contributed by atoms with Gasteiger partial charge in [0.2, 0.25) is 5.91 Å². The van der Waals surface area contributed by atoms with Crippen molar-refractivity contribution in [1.82, 2.24) is 14.6 Å². The summed E-state index contributed by atoms with van der Waals surface area (Å²) >= 11 is 1.37. The second-order valence-corrected chi connectivity index (χ2v) is 7.01. The van der Waals surface area contributed by atoms with E-state index < -0.39 is 0 Å². The zero-order chi connectivity index (χ0) is 18.5. The van der Waals surface area contributed by atoms with Crippen molar-refractivity contribution in [3.8, 4) is 0 Å². The number of hydrogen-bond acceptors (Lipinski definition) is 4. The highest BCUT2D eigenvalue weighted by molar-refractivity contribution is 7.99. The van der Waals surface area contributed by atoms with E-state index in [4.69, 9.17) is 0 Å². The van der Waals surface area contributed by atoms with Crippen LogP contribution in [0, 0.1) is 0 Å². The van der Waals surface area contributed by atoms with Crippen LogP contribution in [0.25, 0.3) is 5.65 Å². The molecule has 0 bridgehead atoms. The number of carbonyl (C=O) groups excluding carboxylic acids is 1. The van der Waals surface area contributed by atoms with Gasteiger partial charge in [-0.05, 0) is 35.7 Å². The monoisotopic (exact) mass is 374 g/mol. The number of benzene rings is 2. The van der Waals surface area contributed by atoms with Gasteiger partial charge >= 0.3 is 0 Å². The zero-order valence-electron chi connectivity index (χ0n) is 14.6. The van der Waals surface area contributed by atoms with Crippen LogP contribution in [0.3, 0.4) is 0 Å². The van der Waals surface area contributed by atoms with Gasteiger partial charge in [-0.2, -0.15) is 0 Å². The maximum absolute atomic E-state index is 12.5. The lowest BCUT2D eigenvalue weighted by Crippen LogP contribution is -2.15. The number of fused-ring (bicyclic) bond motifs is 1. The molecule has 6 heteroatoms. The van der Waals surface area contributed by atoms with Crippen LogP contribution in [0.1, 0.15) is 11.1 Å². The van der Waals surface area contributed by atoms with Crippen molar-refractivity contribution in [3.63, 3.8) is 0 Å². The highest BCUT2D eigenvalue weighted by Crippen LogP contribution is 2.21. The van der Waals surface area contributed by atoms with E-state index in [1.807, 2.05) is 71.3 Å². The maximum atomic E-state index is 12.5. The summed E-state index contributed by atoms with van der Waals surface area (Å²) in [5.74, 6) is 0.211. The summed E-state index contributed by atoms with van der Waals surface area (Å²) in [5.41, 5.74) is 3.92. The van der Waals surface area contributed by atoms with E-state index in [1.54, 1.807) is 0 Å². The van der Waals surface area contributed by atoms with Crippen LogP contribution < -0.4 is 5.32 Å². The van der Waals surface area contributed by atoms with Gasteiger partial charge in [0.1, 0.15) is 0 Å². The number of carbonyl (C=O) groups is 1. The number of rotatable bonds is 6. The first-order valence-electron chi connectivity index (χ1n) is 8.64. The van der Waals surface area contributed by atoms with E-state index >= 15 is 0 Å². The molecule has 2 aromatic carbocycles. The Morgan fingerprint density at radius 2 is 1.70 bits per heavy atom. The quantitative estimate of drug-likeness (QED) is 0.517. The molecule has 2 aromatic heterocycles. The van der Waals surface area contributed by atoms with Crippen LogP contribution in [-0.2, 0) is 11.2 Å². The van der Waals surface area contributed by atoms with Gasteiger partial charge in [-0.1, -0.05) is 66.4 Å². The third-order valence-corrected chi connectivity index (χ3v) is 5.09. The van der Waals surface area contributed by atoms with E-state index in [9.17, 15) is 4.79 Å². The molecule has 0 atom stereocenters. The fourth-order valence-electron chi connectivity index (χ4n) is 2.85. The number of pyridine rings is 1. The van der Waals surface area contributed by atoms with Gasteiger partial charge in [-0.3, -0.25) is 9.20 Å². The predicted octanol–water partition coefficient (Wildman–Crippen LogP) is 4.05. The molecule has 1 amide bonds. The standard InChI is InChI=1S/C21H18N4OS/c26-20(15-27-21-24-23-19-12-6-7-13-25(19)21)22-18-11-5-4-10-17(18)14-16-8-2-1-3-9-16/h1-13H,14-15H2,(H,22,26). The lowest BCUT2D eigenvalue weighted by molar-refractivity contribution is -0.113. The maximum Gasteiger partial charge on any atom is 0.234 e. The molecule has 27 heavy (non-hydrogen) atoms. The van der Waals surface area contributed by atoms with Crippen molar-refractivity contribution in [2.45, 2.75) is 11.6 Å². The lowest BCUT2D eigenvalue weighted by Gasteiger charge is -2.11. The van der Waals surface area contributed by atoms with Crippen LogP contribution in [-0.4, -0.2) is 26.3 Å². The van der Waals surface area contributed by atoms with E-state index in [1.165, 1.54) is 17.3 Å². The lowest BCUT2D eigenvalue weighted by atomic mass is 10.0. The van der Waals surface area contributed by atoms with Crippen LogP contribution in [0.2, 0.25) is 0 Å². The van der Waals surface area contributed by atoms with Crippen molar-refractivity contribution in [3.05, 3.63) is 90.1 Å². The summed E-state index contributed by atoms with van der Waals surface area (Å²) in [6.45, 7) is 0. The summed E-state index contributed by atoms with van der Waals surface area (Å²) in [6.07, 6.45) is 2.67. The number of thioether (sulfide) groups is 1. The minimum absolute atomic E-state index is 0.0619. The fourth-order valence-corrected chi connectivity index (χ4v) is 3.57. The summed E-state index contributed by atoms with van der Waals surface area (Å²) < 4.78 is 1.88. The number of para-hydroxylation sites is 1. The van der Waals surface area contributed by atoms with Gasteiger partial charge in [-0.15, -0.1) is 10.2 Å². The zero-order valence-corrected chi connectivity index (χ0v) is 15.4. The molecule has 0 spiro atoms. The first-order valence-corrected chi connectivity index (χ1v) is 9.62. The average molecular weight is 374 g/mol. The van der Waals surface area contributed by atoms with E-state index in [0.717, 1.165) is 23.3 Å². The molecule has 0 aliphatic rings. The Labute approximate surface area is 161 Å². The molecule has 2 heterocycles. The topological polar surface area (TPSA) is 59.3 Å². The second kappa shape index (κ2) is 8.05. The fraction of sp³-hybridized carbons (Fsp3) is 0.0952. The van der Waals surface area contributed by atoms with Gasteiger partial charge in [0.25, 0.3) is 0 Å². The van der Waals surface area contributed by atoms with E-state index in [0.29, 0.717) is 5.16 Å². The second-order valence-electron chi connectivity index (χ2n) is 6.07. The molecule has 4 aromatic rings. The van der Waals surface area contributed by atoms with Crippen molar-refractivity contribution in [2.75, 3.05) is 11.1 Å². The largest absolute Gasteiger partial charge is 0.325 e. The Kier molecular flexibility index (Phi) is 5.16. The van der Waals surface area contributed by atoms with Crippen LogP contribution in [0.4, 0.5) is 5.69 Å². The van der Waals surface area contributed by atoms with Gasteiger partial charge in [-0.25, -0.2) is 0 Å². The Bertz CT molecular complexity index is 1060. The highest BCUT2D eigenvalue weighted by Gasteiger charge is 2.11. The normalized spacial score (nSPS) is 10.8. The van der Waals surface area contributed by atoms with Gasteiger partial charge < -0.3 is 5.32 Å². The molecule has 134 valence electrons. The Balaban J connectivity index is 1.42. The molecule has 0 fully saturated rings. The third kappa shape index (κ3) is 4.17. The van der Waals surface area contributed by atoms with Crippen LogP contribution in [0.15, 0.2) is 84.1 Å². The molecule has 5 nitrogen and oxygen atoms in total. The molecule has 0 unspecified atom stereocenters. The molecule has 0 saturated carbocycles. The molecule has 0 saturated heterocycles. The molecule has 0 radical (unpaired) electrons. The Morgan fingerprint density at radius 3 is 2.59 bits per heavy atom. The molecular weight excluding hydrogens is 356 g/mol. The minimum Gasteiger partial charge on any atom is -0.325 e. The number of nitrogens with zero attached hydrogens (tertiary/aromatic N) is 3. The number of hydrogen-bond donors (Lipinski definition) is 1. The predicted molar refractivity (Wildman–Crippen MR) is 108 cm³/mol. The van der Waals surface area contributed by atoms with Crippen molar-refractivity contribution >= 4 is 29.0 Å². The third-order valence-electron chi connectivity index (χ3n) is 4.14. The van der Waals surface area contributed by atoms with Crippen molar-refractivity contribution in [2.24, 2.45) is 0 Å². The molecule has 0 aliphatic carbocycles. The molecule has 0 aliphatic heterocycles. The van der Waals surface area contributed by atoms with Crippen LogP contribution >= 0.6 is 11.8 Å². The number of nitrogens with one attached hydrogen (secondary N) is 1. The van der Waals surface area contributed by atoms with Gasteiger partial charge in [0.05, 0.1) is 5.75 Å². The van der Waals surface area contributed by atoms with Crippen molar-refractivity contribution in [1.29, 1.82) is 0 Å². The molecule has 4 rings (SSSR count). The summed E-state index contributed by atoms with van der Waals surface area (Å²) in [5, 5.41) is 12.0. The first kappa shape index (κ1) is 17.3. The van der Waals surface area contributed by atoms with E-state index in [2.05, 4.69) is 27.6 Å². The number of anilines is 1. The van der Waals surface area contributed by atoms with Gasteiger partial charge in [0.15, 0.2) is 10.8 Å². The average Bonchev–Trinajstić information content (AvgIpc) is 3.12. The molecular formula is C21H18N4OS. The van der Waals surface area contributed by atoms with E-state index in [-0.39, 0.29) is 11.7 Å². The summed E-state index contributed by atoms with van der Waals surface area (Å²) in [7, 11) is 0. The van der Waals surface area contributed by atoms with Crippen molar-refractivity contribution < 1.29 is 4.79 Å². The SMILES string of the molecule is O=C(CSc1nnc2ccccn12)Nc1ccccc1Cc1ccccc1. The first-order chi connectivity index (χ1) is 13.3. The molecule has 1 N–H and O–H groups in total. The van der Waals surface area contributed by atoms with Crippen LogP contribution in [0.5, 0.6) is 0 Å². The summed E-state index contributed by atoms with van der Waals surface area (Å²) in [6, 6.07) is 23.8. The highest BCUT2D eigenvalue weighted by atomic mass is 32.2. The summed E-state index contributed by atoms with van der Waals surface area (Å²) in [4.78, 5) is 12.5. The smallest absolute Gasteiger partial charge is 0.234 e. The Hall–Kier alpha value is -3.12. The Morgan fingerprint density at radius 1 is 0.926 bits per heavy atom. The van der Waals surface area contributed by atoms with Gasteiger partial charge in [0, 0.05) is 11.9 Å². The minimum atomic E-state index is -0.0619.